The fourth-order valence-corrected chi connectivity index (χ4v) is 3.60. The minimum Gasteiger partial charge on any atom is -0.376 e. The van der Waals surface area contributed by atoms with Gasteiger partial charge in [-0.2, -0.15) is 0 Å². The van der Waals surface area contributed by atoms with E-state index in [1.54, 1.807) is 6.07 Å². The molecule has 1 atom stereocenters. The number of amides is 1. The number of aromatic nitrogens is 2. The Bertz CT molecular complexity index is 745. The molecule has 0 spiro atoms. The zero-order valence-electron chi connectivity index (χ0n) is 13.9. The molecule has 3 heterocycles. The smallest absolute Gasteiger partial charge is 0.248 e. The minimum atomic E-state index is -0.401. The Hall–Kier alpha value is -1.92. The van der Waals surface area contributed by atoms with Crippen molar-refractivity contribution in [3.05, 3.63) is 29.6 Å². The van der Waals surface area contributed by atoms with E-state index < -0.39 is 5.91 Å². The summed E-state index contributed by atoms with van der Waals surface area (Å²) in [4.78, 5) is 18.8. The highest BCUT2D eigenvalue weighted by molar-refractivity contribution is 5.96. The number of hydrogen-bond donors (Lipinski definition) is 1. The van der Waals surface area contributed by atoms with Crippen molar-refractivity contribution in [1.29, 1.82) is 0 Å². The molecule has 6 nitrogen and oxygen atoms in total. The lowest BCUT2D eigenvalue weighted by Crippen LogP contribution is -2.34. The summed E-state index contributed by atoms with van der Waals surface area (Å²) >= 11 is 0. The maximum Gasteiger partial charge on any atom is 0.248 e. The van der Waals surface area contributed by atoms with E-state index in [4.69, 9.17) is 15.5 Å². The third kappa shape index (κ3) is 3.03. The monoisotopic (exact) mass is 328 g/mol. The van der Waals surface area contributed by atoms with Gasteiger partial charge < -0.3 is 15.0 Å². The summed E-state index contributed by atoms with van der Waals surface area (Å²) in [5.74, 6) is 0.658. The summed E-state index contributed by atoms with van der Waals surface area (Å²) in [6.07, 6.45) is 5.18. The van der Waals surface area contributed by atoms with Crippen LogP contribution in [0, 0.1) is 0 Å². The van der Waals surface area contributed by atoms with E-state index >= 15 is 0 Å². The van der Waals surface area contributed by atoms with E-state index in [9.17, 15) is 4.79 Å². The molecule has 0 bridgehead atoms. The van der Waals surface area contributed by atoms with Crippen molar-refractivity contribution in [2.75, 3.05) is 19.7 Å². The van der Waals surface area contributed by atoms with Gasteiger partial charge >= 0.3 is 0 Å². The van der Waals surface area contributed by atoms with Gasteiger partial charge in [-0.15, -0.1) is 0 Å². The van der Waals surface area contributed by atoms with Gasteiger partial charge in [0.15, 0.2) is 0 Å². The third-order valence-electron chi connectivity index (χ3n) is 5.11. The highest BCUT2D eigenvalue weighted by Gasteiger charge is 2.23. The number of benzene rings is 1. The summed E-state index contributed by atoms with van der Waals surface area (Å²) in [7, 11) is 0. The van der Waals surface area contributed by atoms with Crippen LogP contribution in [-0.2, 0) is 17.8 Å². The van der Waals surface area contributed by atoms with Crippen LogP contribution in [0.4, 0.5) is 0 Å². The first kappa shape index (κ1) is 15.6. The number of fused-ring (bicyclic) bond motifs is 1. The molecule has 1 amide bonds. The number of rotatable bonds is 5. The number of nitrogens with zero attached hydrogens (tertiary/aromatic N) is 3. The van der Waals surface area contributed by atoms with Gasteiger partial charge in [0.2, 0.25) is 5.91 Å². The molecule has 1 aromatic carbocycles. The predicted octanol–water partition coefficient (Wildman–Crippen LogP) is 1.91. The second-order valence-corrected chi connectivity index (χ2v) is 6.82. The normalized spacial score (nSPS) is 21.8. The van der Waals surface area contributed by atoms with E-state index in [0.29, 0.717) is 5.56 Å². The summed E-state index contributed by atoms with van der Waals surface area (Å²) in [5, 5.41) is 0. The summed E-state index contributed by atoms with van der Waals surface area (Å²) in [6, 6.07) is 5.52. The lowest BCUT2D eigenvalue weighted by atomic mass is 10.1. The Morgan fingerprint density at radius 3 is 2.75 bits per heavy atom. The van der Waals surface area contributed by atoms with E-state index in [2.05, 4.69) is 9.47 Å². The van der Waals surface area contributed by atoms with Crippen LogP contribution >= 0.6 is 0 Å². The molecule has 2 aliphatic rings. The van der Waals surface area contributed by atoms with Crippen LogP contribution in [0.2, 0.25) is 0 Å². The second-order valence-electron chi connectivity index (χ2n) is 6.82. The Balaban J connectivity index is 1.69. The molecule has 2 saturated heterocycles. The molecule has 2 fully saturated rings. The molecule has 4 rings (SSSR count). The fraction of sp³-hybridized carbons (Fsp3) is 0.556. The van der Waals surface area contributed by atoms with Crippen molar-refractivity contribution in [2.24, 2.45) is 5.73 Å². The van der Waals surface area contributed by atoms with Gasteiger partial charge in [-0.3, -0.25) is 9.69 Å². The molecule has 1 unspecified atom stereocenters. The maximum absolute atomic E-state index is 11.5. The van der Waals surface area contributed by atoms with Crippen LogP contribution in [0.25, 0.3) is 11.0 Å². The fourth-order valence-electron chi connectivity index (χ4n) is 3.60. The highest BCUT2D eigenvalue weighted by Crippen LogP contribution is 2.23. The Kier molecular flexibility index (Phi) is 4.24. The average molecular weight is 328 g/mol. The van der Waals surface area contributed by atoms with Gasteiger partial charge in [0.25, 0.3) is 0 Å². The summed E-state index contributed by atoms with van der Waals surface area (Å²) in [5.41, 5.74) is 7.88. The van der Waals surface area contributed by atoms with E-state index in [0.717, 1.165) is 56.1 Å². The van der Waals surface area contributed by atoms with Crippen LogP contribution in [0.1, 0.15) is 41.9 Å². The molecule has 0 saturated carbocycles. The molecule has 128 valence electrons. The highest BCUT2D eigenvalue weighted by atomic mass is 16.5. The molecular formula is C18H24N4O2. The number of piperidine rings is 1. The number of carbonyl (C=O) groups is 1. The van der Waals surface area contributed by atoms with Crippen molar-refractivity contribution in [3.63, 3.8) is 0 Å². The lowest BCUT2D eigenvalue weighted by molar-refractivity contribution is -0.0592. The molecule has 2 aromatic rings. The molecule has 2 aliphatic heterocycles. The maximum atomic E-state index is 11.5. The number of likely N-dealkylation sites (tertiary alicyclic amines) is 1. The van der Waals surface area contributed by atoms with Gasteiger partial charge in [0.1, 0.15) is 5.82 Å². The number of carbonyl (C=O) groups excluding carboxylic acids is 1. The Morgan fingerprint density at radius 1 is 1.29 bits per heavy atom. The number of nitrogens with two attached hydrogens (primary N) is 1. The van der Waals surface area contributed by atoms with E-state index in [1.807, 2.05) is 12.1 Å². The molecule has 2 N–H and O–H groups in total. The summed E-state index contributed by atoms with van der Waals surface area (Å²) in [6.45, 7) is 4.76. The molecule has 24 heavy (non-hydrogen) atoms. The van der Waals surface area contributed by atoms with Crippen molar-refractivity contribution >= 4 is 16.9 Å². The summed E-state index contributed by atoms with van der Waals surface area (Å²) < 4.78 is 7.84. The number of hydrogen-bond acceptors (Lipinski definition) is 4. The standard InChI is InChI=1S/C18H24N4O2/c19-18(23)13-4-5-15-16(10-13)22(11-14-6-9-24-14)17(20-15)12-21-7-2-1-3-8-21/h4-5,10,14H,1-3,6-9,11-12H2,(H2,19,23). The van der Waals surface area contributed by atoms with E-state index in [-0.39, 0.29) is 6.10 Å². The Labute approximate surface area is 141 Å². The van der Waals surface area contributed by atoms with Gasteiger partial charge in [0, 0.05) is 12.2 Å². The Morgan fingerprint density at radius 2 is 2.08 bits per heavy atom. The molecule has 0 aliphatic carbocycles. The van der Waals surface area contributed by atoms with Crippen LogP contribution in [0.15, 0.2) is 18.2 Å². The second kappa shape index (κ2) is 6.53. The quantitative estimate of drug-likeness (QED) is 0.910. The van der Waals surface area contributed by atoms with Gasteiger partial charge in [-0.1, -0.05) is 6.42 Å². The van der Waals surface area contributed by atoms with Crippen molar-refractivity contribution in [2.45, 2.75) is 44.9 Å². The number of ether oxygens (including phenoxy) is 1. The molecular weight excluding hydrogens is 304 g/mol. The first-order chi connectivity index (χ1) is 11.7. The largest absolute Gasteiger partial charge is 0.376 e. The topological polar surface area (TPSA) is 73.4 Å². The number of imidazole rings is 1. The average Bonchev–Trinajstić information content (AvgIpc) is 2.88. The minimum absolute atomic E-state index is 0.250. The van der Waals surface area contributed by atoms with Crippen LogP contribution in [0.3, 0.4) is 0 Å². The number of primary amides is 1. The lowest BCUT2D eigenvalue weighted by Gasteiger charge is -2.29. The zero-order valence-corrected chi connectivity index (χ0v) is 13.9. The van der Waals surface area contributed by atoms with Crippen LogP contribution < -0.4 is 5.73 Å². The molecule has 6 heteroatoms. The van der Waals surface area contributed by atoms with Gasteiger partial charge in [-0.25, -0.2) is 4.98 Å². The first-order valence-corrected chi connectivity index (χ1v) is 8.83. The van der Waals surface area contributed by atoms with Crippen LogP contribution in [-0.4, -0.2) is 46.2 Å². The van der Waals surface area contributed by atoms with Gasteiger partial charge in [0.05, 0.1) is 30.2 Å². The molecule has 0 radical (unpaired) electrons. The zero-order chi connectivity index (χ0) is 16.5. The van der Waals surface area contributed by atoms with Crippen molar-refractivity contribution in [3.8, 4) is 0 Å². The van der Waals surface area contributed by atoms with Crippen LogP contribution in [0.5, 0.6) is 0 Å². The third-order valence-corrected chi connectivity index (χ3v) is 5.11. The van der Waals surface area contributed by atoms with Crippen molar-refractivity contribution < 1.29 is 9.53 Å². The molecule has 1 aromatic heterocycles. The van der Waals surface area contributed by atoms with Gasteiger partial charge in [-0.05, 0) is 50.6 Å². The van der Waals surface area contributed by atoms with Crippen molar-refractivity contribution in [1.82, 2.24) is 14.5 Å². The predicted molar refractivity (Wildman–Crippen MR) is 91.7 cm³/mol. The SMILES string of the molecule is NC(=O)c1ccc2nc(CN3CCCCC3)n(CC3CCO3)c2c1. The van der Waals surface area contributed by atoms with E-state index in [1.165, 1.54) is 19.3 Å². The first-order valence-electron chi connectivity index (χ1n) is 8.83.